The van der Waals surface area contributed by atoms with Crippen LogP contribution in [0.2, 0.25) is 0 Å². The first-order valence-electron chi connectivity index (χ1n) is 7.59. The molecule has 0 fully saturated rings. The van der Waals surface area contributed by atoms with E-state index in [4.69, 9.17) is 15.2 Å². The lowest BCUT2D eigenvalue weighted by Crippen LogP contribution is -2.30. The summed E-state index contributed by atoms with van der Waals surface area (Å²) in [6.07, 6.45) is 2.15. The fourth-order valence-corrected chi connectivity index (χ4v) is 2.29. The molecule has 0 saturated heterocycles. The van der Waals surface area contributed by atoms with E-state index >= 15 is 0 Å². The summed E-state index contributed by atoms with van der Waals surface area (Å²) in [6, 6.07) is 7.24. The maximum Gasteiger partial charge on any atom is 0.223 e. The first-order chi connectivity index (χ1) is 11.5. The number of carbonyl (C=O) groups is 1. The molecule has 0 aliphatic carbocycles. The van der Waals surface area contributed by atoms with Crippen LogP contribution in [0.15, 0.2) is 30.5 Å². The zero-order valence-electron chi connectivity index (χ0n) is 14.1. The third-order valence-electron chi connectivity index (χ3n) is 3.59. The van der Waals surface area contributed by atoms with Crippen molar-refractivity contribution >= 4 is 11.7 Å². The van der Waals surface area contributed by atoms with Crippen LogP contribution in [0.25, 0.3) is 0 Å². The maximum absolute atomic E-state index is 12.2. The molecule has 3 N–H and O–H groups in total. The highest BCUT2D eigenvalue weighted by Gasteiger charge is 2.15. The van der Waals surface area contributed by atoms with Crippen LogP contribution in [-0.2, 0) is 17.8 Å². The van der Waals surface area contributed by atoms with Crippen molar-refractivity contribution in [1.29, 1.82) is 0 Å². The summed E-state index contributed by atoms with van der Waals surface area (Å²) >= 11 is 0. The monoisotopic (exact) mass is 330 g/mol. The number of nitrogens with one attached hydrogen (secondary N) is 1. The molecule has 1 atom stereocenters. The third kappa shape index (κ3) is 4.58. The van der Waals surface area contributed by atoms with Gasteiger partial charge in [-0.25, -0.2) is 9.97 Å². The Labute approximate surface area is 141 Å². The molecule has 128 valence electrons. The van der Waals surface area contributed by atoms with E-state index in [0.29, 0.717) is 29.6 Å². The average Bonchev–Trinajstić information content (AvgIpc) is 2.59. The Balaban J connectivity index is 1.93. The summed E-state index contributed by atoms with van der Waals surface area (Å²) in [7, 11) is 3.18. The number of hydrogen-bond acceptors (Lipinski definition) is 6. The highest BCUT2D eigenvalue weighted by atomic mass is 16.5. The van der Waals surface area contributed by atoms with Crippen molar-refractivity contribution in [3.63, 3.8) is 0 Å². The molecule has 0 spiro atoms. The Kier molecular flexibility index (Phi) is 5.95. The van der Waals surface area contributed by atoms with Crippen molar-refractivity contribution in [2.75, 3.05) is 20.0 Å². The normalized spacial score (nSPS) is 11.6. The maximum atomic E-state index is 12.2. The topological polar surface area (TPSA) is 99.4 Å². The van der Waals surface area contributed by atoms with Gasteiger partial charge in [0.1, 0.15) is 11.6 Å². The van der Waals surface area contributed by atoms with Crippen LogP contribution < -0.4 is 20.5 Å². The van der Waals surface area contributed by atoms with Crippen LogP contribution >= 0.6 is 0 Å². The van der Waals surface area contributed by atoms with E-state index in [0.717, 1.165) is 5.56 Å². The lowest BCUT2D eigenvalue weighted by Gasteiger charge is -2.14. The van der Waals surface area contributed by atoms with Crippen LogP contribution in [0.3, 0.4) is 0 Å². The Morgan fingerprint density at radius 3 is 2.67 bits per heavy atom. The van der Waals surface area contributed by atoms with E-state index in [9.17, 15) is 4.79 Å². The van der Waals surface area contributed by atoms with Crippen LogP contribution in [0.4, 0.5) is 5.82 Å². The van der Waals surface area contributed by atoms with Gasteiger partial charge in [0.2, 0.25) is 5.91 Å². The van der Waals surface area contributed by atoms with Gasteiger partial charge in [-0.2, -0.15) is 0 Å². The molecular formula is C17H22N4O3. The van der Waals surface area contributed by atoms with Gasteiger partial charge >= 0.3 is 0 Å². The highest BCUT2D eigenvalue weighted by molar-refractivity contribution is 5.78. The molecule has 7 heteroatoms. The third-order valence-corrected chi connectivity index (χ3v) is 3.59. The first-order valence-corrected chi connectivity index (χ1v) is 7.59. The number of methoxy groups -OCH3 is 2. The summed E-state index contributed by atoms with van der Waals surface area (Å²) in [5.74, 6) is 1.90. The molecule has 2 aromatic rings. The SMILES string of the molecule is COc1ccc(CC(C)C(=O)NCc2nccc(N)n2)cc1OC. The van der Waals surface area contributed by atoms with Crippen molar-refractivity contribution in [2.45, 2.75) is 19.9 Å². The summed E-state index contributed by atoms with van der Waals surface area (Å²) in [6.45, 7) is 2.12. The molecule has 24 heavy (non-hydrogen) atoms. The van der Waals surface area contributed by atoms with Crippen LogP contribution in [0, 0.1) is 5.92 Å². The molecule has 0 aliphatic rings. The zero-order valence-corrected chi connectivity index (χ0v) is 14.1. The largest absolute Gasteiger partial charge is 0.493 e. The number of hydrogen-bond donors (Lipinski definition) is 2. The van der Waals surface area contributed by atoms with Crippen molar-refractivity contribution in [2.24, 2.45) is 5.92 Å². The number of nitrogens with two attached hydrogens (primary N) is 1. The molecule has 1 aromatic carbocycles. The lowest BCUT2D eigenvalue weighted by molar-refractivity contribution is -0.124. The summed E-state index contributed by atoms with van der Waals surface area (Å²) in [5, 5.41) is 2.82. The molecule has 0 bridgehead atoms. The van der Waals surface area contributed by atoms with E-state index in [2.05, 4.69) is 15.3 Å². The number of amides is 1. The standard InChI is InChI=1S/C17H22N4O3/c1-11(8-12-4-5-13(23-2)14(9-12)24-3)17(22)20-10-16-19-7-6-15(18)21-16/h4-7,9,11H,8,10H2,1-3H3,(H,20,22)(H2,18,19,21). The molecule has 0 saturated carbocycles. The molecule has 0 radical (unpaired) electrons. The Morgan fingerprint density at radius 2 is 2.00 bits per heavy atom. The minimum absolute atomic E-state index is 0.0733. The van der Waals surface area contributed by atoms with Gasteiger partial charge in [0.25, 0.3) is 0 Å². The van der Waals surface area contributed by atoms with Gasteiger partial charge < -0.3 is 20.5 Å². The average molecular weight is 330 g/mol. The molecule has 1 unspecified atom stereocenters. The number of nitrogens with zero attached hydrogens (tertiary/aromatic N) is 2. The van der Waals surface area contributed by atoms with Crippen LogP contribution in [0.1, 0.15) is 18.3 Å². The number of nitrogen functional groups attached to an aromatic ring is 1. The van der Waals surface area contributed by atoms with E-state index in [1.54, 1.807) is 26.5 Å². The van der Waals surface area contributed by atoms with Crippen molar-refractivity contribution in [3.8, 4) is 11.5 Å². The highest BCUT2D eigenvalue weighted by Crippen LogP contribution is 2.28. The summed E-state index contributed by atoms with van der Waals surface area (Å²) in [4.78, 5) is 20.3. The number of benzene rings is 1. The molecule has 1 aromatic heterocycles. The quantitative estimate of drug-likeness (QED) is 0.799. The van der Waals surface area contributed by atoms with E-state index in [-0.39, 0.29) is 18.4 Å². The van der Waals surface area contributed by atoms with Gasteiger partial charge in [0.15, 0.2) is 11.5 Å². The summed E-state index contributed by atoms with van der Waals surface area (Å²) < 4.78 is 10.5. The minimum Gasteiger partial charge on any atom is -0.493 e. The Morgan fingerprint density at radius 1 is 1.25 bits per heavy atom. The van der Waals surface area contributed by atoms with Gasteiger partial charge in [-0.05, 0) is 30.2 Å². The smallest absolute Gasteiger partial charge is 0.223 e. The number of ether oxygens (including phenoxy) is 2. The lowest BCUT2D eigenvalue weighted by atomic mass is 10.00. The fraction of sp³-hybridized carbons (Fsp3) is 0.353. The first kappa shape index (κ1) is 17.5. The molecule has 1 amide bonds. The van der Waals surface area contributed by atoms with Crippen molar-refractivity contribution in [3.05, 3.63) is 41.9 Å². The minimum atomic E-state index is -0.204. The Bertz CT molecular complexity index is 706. The van der Waals surface area contributed by atoms with E-state index in [1.165, 1.54) is 0 Å². The van der Waals surface area contributed by atoms with Gasteiger partial charge in [0, 0.05) is 12.1 Å². The zero-order chi connectivity index (χ0) is 17.5. The predicted octanol–water partition coefficient (Wildman–Crippen LogP) is 1.57. The van der Waals surface area contributed by atoms with Gasteiger partial charge in [0.05, 0.1) is 20.8 Å². The van der Waals surface area contributed by atoms with E-state index < -0.39 is 0 Å². The van der Waals surface area contributed by atoms with Gasteiger partial charge in [-0.15, -0.1) is 0 Å². The number of carbonyl (C=O) groups excluding carboxylic acids is 1. The summed E-state index contributed by atoms with van der Waals surface area (Å²) in [5.41, 5.74) is 6.59. The van der Waals surface area contributed by atoms with Gasteiger partial charge in [-0.3, -0.25) is 4.79 Å². The Hall–Kier alpha value is -2.83. The second kappa shape index (κ2) is 8.14. The second-order valence-electron chi connectivity index (χ2n) is 5.41. The fourth-order valence-electron chi connectivity index (χ4n) is 2.29. The van der Waals surface area contributed by atoms with E-state index in [1.807, 2.05) is 25.1 Å². The van der Waals surface area contributed by atoms with Crippen LogP contribution in [0.5, 0.6) is 11.5 Å². The molecular weight excluding hydrogens is 308 g/mol. The molecule has 2 rings (SSSR count). The second-order valence-corrected chi connectivity index (χ2v) is 5.41. The predicted molar refractivity (Wildman–Crippen MR) is 90.7 cm³/mol. The molecule has 0 aliphatic heterocycles. The van der Waals surface area contributed by atoms with Gasteiger partial charge in [-0.1, -0.05) is 13.0 Å². The van der Waals surface area contributed by atoms with Crippen LogP contribution in [-0.4, -0.2) is 30.1 Å². The number of rotatable bonds is 7. The number of aromatic nitrogens is 2. The molecule has 7 nitrogen and oxygen atoms in total. The van der Waals surface area contributed by atoms with Crippen molar-refractivity contribution in [1.82, 2.24) is 15.3 Å². The van der Waals surface area contributed by atoms with Crippen molar-refractivity contribution < 1.29 is 14.3 Å². The number of anilines is 1. The molecule has 1 heterocycles.